The van der Waals surface area contributed by atoms with Gasteiger partial charge in [-0.25, -0.2) is 0 Å². The predicted octanol–water partition coefficient (Wildman–Crippen LogP) is 3.96. The fourth-order valence-corrected chi connectivity index (χ4v) is 3.15. The Labute approximate surface area is 153 Å². The summed E-state index contributed by atoms with van der Waals surface area (Å²) in [7, 11) is 0. The summed E-state index contributed by atoms with van der Waals surface area (Å²) in [6, 6.07) is 17.3. The molecule has 0 aliphatic carbocycles. The van der Waals surface area contributed by atoms with Crippen molar-refractivity contribution < 1.29 is 14.3 Å². The Morgan fingerprint density at radius 2 is 1.87 bits per heavy atom. The normalized spacial score (nSPS) is 10.1. The highest BCUT2D eigenvalue weighted by atomic mass is 127. The minimum atomic E-state index is -0.369. The molecule has 0 aliphatic heterocycles. The van der Waals surface area contributed by atoms with Crippen molar-refractivity contribution in [1.29, 1.82) is 0 Å². The molecule has 0 spiro atoms. The van der Waals surface area contributed by atoms with Gasteiger partial charge in [0.15, 0.2) is 6.61 Å². The molecule has 0 unspecified atom stereocenters. The minimum absolute atomic E-state index is 0.264. The predicted molar refractivity (Wildman–Crippen MR) is 101 cm³/mol. The Kier molecular flexibility index (Phi) is 7.41. The van der Waals surface area contributed by atoms with Gasteiger partial charge in [-0.1, -0.05) is 24.3 Å². The Bertz CT molecular complexity index is 664. The molecule has 1 amide bonds. The highest BCUT2D eigenvalue weighted by molar-refractivity contribution is 14.1. The largest absolute Gasteiger partial charge is 0.456 e. The quantitative estimate of drug-likeness (QED) is 0.402. The summed E-state index contributed by atoms with van der Waals surface area (Å²) in [5, 5.41) is 2.69. The minimum Gasteiger partial charge on any atom is -0.456 e. The Hall–Kier alpha value is -1.54. The molecule has 0 saturated carbocycles. The standard InChI is InChI=1S/C17H16INO3S/c18-13-5-4-6-14(11-13)19-16(20)12-22-17(21)9-10-23-15-7-2-1-3-8-15/h1-8,11H,9-10,12H2,(H,19,20). The maximum Gasteiger partial charge on any atom is 0.307 e. The molecule has 2 rings (SSSR count). The summed E-state index contributed by atoms with van der Waals surface area (Å²) in [6.07, 6.45) is 0.274. The third kappa shape index (κ3) is 7.04. The monoisotopic (exact) mass is 441 g/mol. The van der Waals surface area contributed by atoms with Crippen LogP contribution in [-0.2, 0) is 14.3 Å². The molecule has 2 aromatic carbocycles. The number of thioether (sulfide) groups is 1. The number of nitrogens with one attached hydrogen (secondary N) is 1. The topological polar surface area (TPSA) is 55.4 Å². The number of hydrogen-bond acceptors (Lipinski definition) is 4. The van der Waals surface area contributed by atoms with Crippen molar-refractivity contribution >= 4 is 51.9 Å². The number of benzene rings is 2. The first-order valence-corrected chi connectivity index (χ1v) is 9.09. The smallest absolute Gasteiger partial charge is 0.307 e. The molecule has 1 N–H and O–H groups in total. The van der Waals surface area contributed by atoms with Crippen LogP contribution in [0.2, 0.25) is 0 Å². The third-order valence-corrected chi connectivity index (χ3v) is 4.48. The van der Waals surface area contributed by atoms with Crippen LogP contribution in [0.4, 0.5) is 5.69 Å². The molecule has 120 valence electrons. The van der Waals surface area contributed by atoms with Crippen molar-refractivity contribution in [3.63, 3.8) is 0 Å². The molecule has 2 aromatic rings. The van der Waals surface area contributed by atoms with Gasteiger partial charge in [-0.15, -0.1) is 11.8 Å². The molecule has 0 heterocycles. The second-order valence-corrected chi connectivity index (χ2v) is 7.04. The van der Waals surface area contributed by atoms with Crippen LogP contribution in [0, 0.1) is 3.57 Å². The van der Waals surface area contributed by atoms with Crippen LogP contribution >= 0.6 is 34.4 Å². The van der Waals surface area contributed by atoms with Gasteiger partial charge in [-0.3, -0.25) is 9.59 Å². The van der Waals surface area contributed by atoms with Crippen LogP contribution in [0.1, 0.15) is 6.42 Å². The molecule has 0 fully saturated rings. The van der Waals surface area contributed by atoms with Crippen molar-refractivity contribution in [2.45, 2.75) is 11.3 Å². The van der Waals surface area contributed by atoms with E-state index in [0.717, 1.165) is 8.47 Å². The average Bonchev–Trinajstić information content (AvgIpc) is 2.54. The van der Waals surface area contributed by atoms with Crippen molar-refractivity contribution in [1.82, 2.24) is 0 Å². The van der Waals surface area contributed by atoms with E-state index >= 15 is 0 Å². The van der Waals surface area contributed by atoms with Gasteiger partial charge in [0.2, 0.25) is 0 Å². The molecule has 0 aliphatic rings. The molecule has 0 bridgehead atoms. The van der Waals surface area contributed by atoms with Gasteiger partial charge >= 0.3 is 5.97 Å². The van der Waals surface area contributed by atoms with Gasteiger partial charge < -0.3 is 10.1 Å². The lowest BCUT2D eigenvalue weighted by Crippen LogP contribution is -2.21. The number of anilines is 1. The van der Waals surface area contributed by atoms with E-state index in [4.69, 9.17) is 4.74 Å². The van der Waals surface area contributed by atoms with Gasteiger partial charge in [0, 0.05) is 19.9 Å². The van der Waals surface area contributed by atoms with Crippen LogP contribution in [0.15, 0.2) is 59.5 Å². The molecule has 6 heteroatoms. The summed E-state index contributed by atoms with van der Waals surface area (Å²) in [4.78, 5) is 24.5. The fraction of sp³-hybridized carbons (Fsp3) is 0.176. The summed E-state index contributed by atoms with van der Waals surface area (Å²) in [5.74, 6) is -0.0799. The zero-order valence-corrected chi connectivity index (χ0v) is 15.3. The fourth-order valence-electron chi connectivity index (χ4n) is 1.75. The van der Waals surface area contributed by atoms with E-state index in [1.165, 1.54) is 0 Å². The number of esters is 1. The zero-order chi connectivity index (χ0) is 16.5. The van der Waals surface area contributed by atoms with Crippen LogP contribution < -0.4 is 5.32 Å². The number of hydrogen-bond donors (Lipinski definition) is 1. The Morgan fingerprint density at radius 1 is 1.09 bits per heavy atom. The number of amides is 1. The molecule has 0 atom stereocenters. The summed E-state index contributed by atoms with van der Waals surface area (Å²) in [6.45, 7) is -0.264. The summed E-state index contributed by atoms with van der Waals surface area (Å²) in [5.41, 5.74) is 0.692. The third-order valence-electron chi connectivity index (χ3n) is 2.79. The van der Waals surface area contributed by atoms with E-state index in [1.54, 1.807) is 17.8 Å². The van der Waals surface area contributed by atoms with E-state index in [9.17, 15) is 9.59 Å². The summed E-state index contributed by atoms with van der Waals surface area (Å²) >= 11 is 3.75. The average molecular weight is 441 g/mol. The van der Waals surface area contributed by atoms with E-state index in [-0.39, 0.29) is 24.9 Å². The van der Waals surface area contributed by atoms with E-state index in [0.29, 0.717) is 11.4 Å². The number of carbonyl (C=O) groups excluding carboxylic acids is 2. The highest BCUT2D eigenvalue weighted by Crippen LogP contribution is 2.17. The second-order valence-electron chi connectivity index (χ2n) is 4.63. The van der Waals surface area contributed by atoms with Crippen molar-refractivity contribution in [2.24, 2.45) is 0 Å². The van der Waals surface area contributed by atoms with E-state index in [1.807, 2.05) is 48.5 Å². The van der Waals surface area contributed by atoms with Crippen molar-refractivity contribution in [2.75, 3.05) is 17.7 Å². The van der Waals surface area contributed by atoms with E-state index in [2.05, 4.69) is 27.9 Å². The highest BCUT2D eigenvalue weighted by Gasteiger charge is 2.08. The van der Waals surface area contributed by atoms with Gasteiger partial charge in [-0.2, -0.15) is 0 Å². The molecule has 0 aromatic heterocycles. The lowest BCUT2D eigenvalue weighted by Gasteiger charge is -2.07. The first-order chi connectivity index (χ1) is 11.1. The van der Waals surface area contributed by atoms with Crippen LogP contribution in [0.5, 0.6) is 0 Å². The van der Waals surface area contributed by atoms with Crippen LogP contribution in [0.3, 0.4) is 0 Å². The van der Waals surface area contributed by atoms with Gasteiger partial charge in [0.1, 0.15) is 0 Å². The Morgan fingerprint density at radius 3 is 2.61 bits per heavy atom. The molecule has 0 saturated heterocycles. The Balaban J connectivity index is 1.65. The van der Waals surface area contributed by atoms with Gasteiger partial charge in [0.05, 0.1) is 6.42 Å². The van der Waals surface area contributed by atoms with E-state index < -0.39 is 0 Å². The SMILES string of the molecule is O=C(COC(=O)CCSc1ccccc1)Nc1cccc(I)c1. The molecular formula is C17H16INO3S. The maximum atomic E-state index is 11.7. The number of carbonyl (C=O) groups is 2. The number of rotatable bonds is 7. The lowest BCUT2D eigenvalue weighted by molar-refractivity contribution is -0.146. The van der Waals surface area contributed by atoms with Crippen LogP contribution in [-0.4, -0.2) is 24.2 Å². The molecule has 4 nitrogen and oxygen atoms in total. The molecule has 0 radical (unpaired) electrons. The first kappa shape index (κ1) is 17.8. The number of halogens is 1. The second kappa shape index (κ2) is 9.57. The maximum absolute atomic E-state index is 11.7. The van der Waals surface area contributed by atoms with Crippen LogP contribution in [0.25, 0.3) is 0 Å². The molecule has 23 heavy (non-hydrogen) atoms. The zero-order valence-electron chi connectivity index (χ0n) is 12.3. The van der Waals surface area contributed by atoms with Gasteiger partial charge in [0.25, 0.3) is 5.91 Å². The van der Waals surface area contributed by atoms with Crippen molar-refractivity contribution in [3.8, 4) is 0 Å². The van der Waals surface area contributed by atoms with Crippen molar-refractivity contribution in [3.05, 3.63) is 58.2 Å². The first-order valence-electron chi connectivity index (χ1n) is 7.02. The number of ether oxygens (including phenoxy) is 1. The molecular weight excluding hydrogens is 425 g/mol. The summed E-state index contributed by atoms with van der Waals surface area (Å²) < 4.78 is 6.00. The lowest BCUT2D eigenvalue weighted by atomic mass is 10.3. The van der Waals surface area contributed by atoms with Gasteiger partial charge in [-0.05, 0) is 52.9 Å².